The summed E-state index contributed by atoms with van der Waals surface area (Å²) in [5.74, 6) is -1.06. The summed E-state index contributed by atoms with van der Waals surface area (Å²) in [6.07, 6.45) is -5.58. The van der Waals surface area contributed by atoms with Gasteiger partial charge in [0.05, 0.1) is 0 Å². The van der Waals surface area contributed by atoms with Gasteiger partial charge in [-0.1, -0.05) is 18.2 Å². The third kappa shape index (κ3) is 5.03. The number of carboxylic acids is 1. The molecule has 2 aliphatic rings. The second-order valence-electron chi connectivity index (χ2n) is 9.08. The molecule has 0 aromatic heterocycles. The number of carboxylic acid groups (broad SMARTS) is 1. The van der Waals surface area contributed by atoms with Crippen LogP contribution in [0.5, 0.6) is 5.75 Å². The molecule has 2 aromatic rings. The average molecular weight is 473 g/mol. The van der Waals surface area contributed by atoms with Crippen molar-refractivity contribution in [2.45, 2.75) is 50.0 Å². The zero-order valence-corrected chi connectivity index (χ0v) is 19.4. The van der Waals surface area contributed by atoms with E-state index in [9.17, 15) is 25.2 Å². The molecular formula is C25H32N2O7. The smallest absolute Gasteiger partial charge is 0.335 e. The molecule has 0 radical (unpaired) electrons. The molecule has 1 saturated heterocycles. The number of aryl methyl sites for hydroxylation is 2. The van der Waals surface area contributed by atoms with Gasteiger partial charge in [0.25, 0.3) is 0 Å². The highest BCUT2D eigenvalue weighted by molar-refractivity contribution is 5.73. The van der Waals surface area contributed by atoms with Crippen molar-refractivity contribution >= 4 is 17.3 Å². The number of aliphatic hydroxyl groups is 3. The van der Waals surface area contributed by atoms with Crippen LogP contribution in [0.15, 0.2) is 42.5 Å². The molecule has 34 heavy (non-hydrogen) atoms. The van der Waals surface area contributed by atoms with Gasteiger partial charge in [0, 0.05) is 17.9 Å². The van der Waals surface area contributed by atoms with Crippen LogP contribution < -0.4 is 9.64 Å². The Balaban J connectivity index is 1.59. The van der Waals surface area contributed by atoms with Crippen molar-refractivity contribution in [3.63, 3.8) is 0 Å². The maximum Gasteiger partial charge on any atom is 0.335 e. The maximum absolute atomic E-state index is 11.4. The number of nitrogens with zero attached hydrogens (tertiary/aromatic N) is 2. The van der Waals surface area contributed by atoms with Crippen molar-refractivity contribution in [3.05, 3.63) is 53.6 Å². The molecule has 5 atom stereocenters. The Hall–Kier alpha value is -2.69. The van der Waals surface area contributed by atoms with Gasteiger partial charge in [-0.2, -0.15) is 0 Å². The summed E-state index contributed by atoms with van der Waals surface area (Å²) in [6.45, 7) is 1.81. The van der Waals surface area contributed by atoms with Crippen molar-refractivity contribution in [2.75, 3.05) is 32.1 Å². The first-order chi connectivity index (χ1) is 16.3. The Morgan fingerprint density at radius 2 is 1.74 bits per heavy atom. The monoisotopic (exact) mass is 472 g/mol. The van der Waals surface area contributed by atoms with Gasteiger partial charge in [0.15, 0.2) is 6.10 Å². The van der Waals surface area contributed by atoms with Crippen molar-refractivity contribution in [2.24, 2.45) is 0 Å². The highest BCUT2D eigenvalue weighted by Gasteiger charge is 2.48. The number of hydrogen-bond acceptors (Lipinski definition) is 8. The Labute approximate surface area is 198 Å². The van der Waals surface area contributed by atoms with Gasteiger partial charge in [0.1, 0.15) is 24.1 Å². The van der Waals surface area contributed by atoms with Gasteiger partial charge in [-0.25, -0.2) is 4.79 Å². The molecule has 4 rings (SSSR count). The van der Waals surface area contributed by atoms with Crippen molar-refractivity contribution < 1.29 is 34.7 Å². The van der Waals surface area contributed by atoms with Crippen LogP contribution >= 0.6 is 0 Å². The lowest BCUT2D eigenvalue weighted by atomic mass is 9.99. The second kappa shape index (κ2) is 10.3. The fourth-order valence-electron chi connectivity index (χ4n) is 4.55. The molecule has 0 unspecified atom stereocenters. The first-order valence-corrected chi connectivity index (χ1v) is 11.5. The van der Waals surface area contributed by atoms with Crippen LogP contribution in [0.1, 0.15) is 17.5 Å². The second-order valence-corrected chi connectivity index (χ2v) is 9.08. The van der Waals surface area contributed by atoms with Crippen LogP contribution in [0.25, 0.3) is 0 Å². The topological polar surface area (TPSA) is 123 Å². The molecule has 1 fully saturated rings. The summed E-state index contributed by atoms with van der Waals surface area (Å²) >= 11 is 0. The number of benzene rings is 2. The van der Waals surface area contributed by atoms with Crippen LogP contribution in [0, 0.1) is 0 Å². The molecule has 0 aliphatic carbocycles. The summed E-state index contributed by atoms with van der Waals surface area (Å²) in [7, 11) is 4.11. The molecular weight excluding hydrogens is 440 g/mol. The number of aliphatic carboxylic acids is 1. The van der Waals surface area contributed by atoms with E-state index in [2.05, 4.69) is 36.0 Å². The SMILES string of the molecule is CN(C)CCCN1c2ccccc2CCc2cc(O[C@@H]3O[C@H](C(=O)O)[C@@H](O)[C@H](O)[C@H]3O)ccc21. The Bertz CT molecular complexity index is 1010. The van der Waals surface area contributed by atoms with Crippen LogP contribution in [-0.2, 0) is 22.4 Å². The summed E-state index contributed by atoms with van der Waals surface area (Å²) < 4.78 is 11.0. The lowest BCUT2D eigenvalue weighted by Gasteiger charge is -2.38. The predicted molar refractivity (Wildman–Crippen MR) is 125 cm³/mol. The number of aliphatic hydroxyl groups excluding tert-OH is 3. The van der Waals surface area contributed by atoms with Crippen LogP contribution in [0.3, 0.4) is 0 Å². The van der Waals surface area contributed by atoms with Gasteiger partial charge >= 0.3 is 5.97 Å². The Kier molecular flexibility index (Phi) is 7.39. The minimum absolute atomic E-state index is 0.384. The normalized spacial score (nSPS) is 26.5. The maximum atomic E-state index is 11.4. The van der Waals surface area contributed by atoms with E-state index in [4.69, 9.17) is 9.47 Å². The quantitative estimate of drug-likeness (QED) is 0.470. The fraction of sp³-hybridized carbons (Fsp3) is 0.480. The lowest BCUT2D eigenvalue weighted by Crippen LogP contribution is -2.61. The Morgan fingerprint density at radius 3 is 2.47 bits per heavy atom. The van der Waals surface area contributed by atoms with Crippen LogP contribution in [-0.4, -0.2) is 89.2 Å². The summed E-state index contributed by atoms with van der Waals surface area (Å²) in [6, 6.07) is 13.9. The number of rotatable bonds is 7. The standard InChI is InChI=1S/C25H32N2O7/c1-26(2)12-5-13-27-18-7-4-3-6-15(18)8-9-16-14-17(10-11-19(16)27)33-25-22(30)20(28)21(29)23(34-25)24(31)32/h3-4,6-7,10-11,14,20-23,25,28-30H,5,8-9,12-13H2,1-2H3,(H,31,32)/t20-,21-,22+,23-,25+/m0/s1. The number of carbonyl (C=O) groups is 1. The fourth-order valence-corrected chi connectivity index (χ4v) is 4.55. The highest BCUT2D eigenvalue weighted by atomic mass is 16.7. The minimum Gasteiger partial charge on any atom is -0.479 e. The molecule has 9 nitrogen and oxygen atoms in total. The van der Waals surface area contributed by atoms with Gasteiger partial charge in [-0.15, -0.1) is 0 Å². The third-order valence-corrected chi connectivity index (χ3v) is 6.34. The van der Waals surface area contributed by atoms with E-state index in [1.54, 1.807) is 6.07 Å². The number of ether oxygens (including phenoxy) is 2. The first-order valence-electron chi connectivity index (χ1n) is 11.5. The molecule has 0 bridgehead atoms. The van der Waals surface area contributed by atoms with Gasteiger partial charge in [0.2, 0.25) is 6.29 Å². The first kappa shape index (κ1) is 24.4. The number of para-hydroxylation sites is 1. The number of hydrogen-bond donors (Lipinski definition) is 4. The van der Waals surface area contributed by atoms with E-state index >= 15 is 0 Å². The van der Waals surface area contributed by atoms with E-state index in [1.807, 2.05) is 24.3 Å². The molecule has 4 N–H and O–H groups in total. The van der Waals surface area contributed by atoms with Crippen molar-refractivity contribution in [1.29, 1.82) is 0 Å². The van der Waals surface area contributed by atoms with E-state index in [0.717, 1.165) is 43.6 Å². The van der Waals surface area contributed by atoms with Gasteiger partial charge in [-0.05, 0) is 75.3 Å². The highest BCUT2D eigenvalue weighted by Crippen LogP contribution is 2.38. The zero-order valence-electron chi connectivity index (χ0n) is 19.4. The lowest BCUT2D eigenvalue weighted by molar-refractivity contribution is -0.271. The summed E-state index contributed by atoms with van der Waals surface area (Å²) in [4.78, 5) is 15.9. The van der Waals surface area contributed by atoms with Crippen molar-refractivity contribution in [3.8, 4) is 5.75 Å². The van der Waals surface area contributed by atoms with E-state index < -0.39 is 36.7 Å². The Morgan fingerprint density at radius 1 is 1.03 bits per heavy atom. The van der Waals surface area contributed by atoms with Gasteiger partial charge < -0.3 is 39.7 Å². The summed E-state index contributed by atoms with van der Waals surface area (Å²) in [5, 5.41) is 39.5. The van der Waals surface area contributed by atoms with E-state index in [0.29, 0.717) is 5.75 Å². The van der Waals surface area contributed by atoms with Crippen molar-refractivity contribution in [1.82, 2.24) is 4.90 Å². The largest absolute Gasteiger partial charge is 0.479 e. The van der Waals surface area contributed by atoms with E-state index in [1.165, 1.54) is 11.3 Å². The van der Waals surface area contributed by atoms with Crippen LogP contribution in [0.4, 0.5) is 11.4 Å². The molecule has 184 valence electrons. The minimum atomic E-state index is -1.76. The number of fused-ring (bicyclic) bond motifs is 2. The molecule has 2 aromatic carbocycles. The third-order valence-electron chi connectivity index (χ3n) is 6.34. The summed E-state index contributed by atoms with van der Waals surface area (Å²) in [5.41, 5.74) is 4.57. The average Bonchev–Trinajstić information content (AvgIpc) is 2.96. The van der Waals surface area contributed by atoms with E-state index in [-0.39, 0.29) is 0 Å². The van der Waals surface area contributed by atoms with Gasteiger partial charge in [-0.3, -0.25) is 0 Å². The number of anilines is 2. The molecule has 2 heterocycles. The van der Waals surface area contributed by atoms with Crippen LogP contribution in [0.2, 0.25) is 0 Å². The zero-order chi connectivity index (χ0) is 24.4. The molecule has 0 amide bonds. The predicted octanol–water partition coefficient (Wildman–Crippen LogP) is 1.15. The molecule has 9 heteroatoms. The molecule has 0 saturated carbocycles. The molecule has 0 spiro atoms. The molecule has 2 aliphatic heterocycles.